The second kappa shape index (κ2) is 6.69. The molecule has 1 unspecified atom stereocenters. The first-order valence-corrected chi connectivity index (χ1v) is 8.80. The Morgan fingerprint density at radius 1 is 1.17 bits per heavy atom. The molecule has 3 aromatic rings. The summed E-state index contributed by atoms with van der Waals surface area (Å²) in [5.41, 5.74) is 2.61. The van der Waals surface area contributed by atoms with Gasteiger partial charge in [-0.2, -0.15) is 5.10 Å². The van der Waals surface area contributed by atoms with Gasteiger partial charge in [0.2, 0.25) is 5.91 Å². The van der Waals surface area contributed by atoms with Gasteiger partial charge in [-0.15, -0.1) is 11.8 Å². The summed E-state index contributed by atoms with van der Waals surface area (Å²) >= 11 is 1.57. The molecule has 0 radical (unpaired) electrons. The van der Waals surface area contributed by atoms with Crippen molar-refractivity contribution >= 4 is 34.1 Å². The summed E-state index contributed by atoms with van der Waals surface area (Å²) in [7, 11) is 1.88. The molecule has 0 spiro atoms. The molecule has 2 aromatic carbocycles. The molecular weight excluding hydrogens is 318 g/mol. The number of aromatic nitrogens is 2. The third kappa shape index (κ3) is 3.31. The molecule has 124 valence electrons. The smallest absolute Gasteiger partial charge is 0.237 e. The van der Waals surface area contributed by atoms with Crippen molar-refractivity contribution in [1.82, 2.24) is 9.78 Å². The SMILES string of the molecule is Cc1nn(C)c(C)c1NC(=O)C(C)Sc1ccc2ccccc2c1. The number of carbonyl (C=O) groups is 1. The fourth-order valence-electron chi connectivity index (χ4n) is 2.68. The van der Waals surface area contributed by atoms with Gasteiger partial charge in [0, 0.05) is 11.9 Å². The van der Waals surface area contributed by atoms with Crippen molar-refractivity contribution in [1.29, 1.82) is 0 Å². The van der Waals surface area contributed by atoms with Crippen molar-refractivity contribution in [3.8, 4) is 0 Å². The molecule has 0 saturated carbocycles. The monoisotopic (exact) mass is 339 g/mol. The Balaban J connectivity index is 1.73. The van der Waals surface area contributed by atoms with E-state index in [0.717, 1.165) is 22.0 Å². The number of nitrogens with one attached hydrogen (secondary N) is 1. The van der Waals surface area contributed by atoms with Crippen LogP contribution in [0.25, 0.3) is 10.8 Å². The molecule has 5 heteroatoms. The van der Waals surface area contributed by atoms with E-state index in [2.05, 4.69) is 40.7 Å². The lowest BCUT2D eigenvalue weighted by atomic mass is 10.1. The molecule has 0 aliphatic rings. The zero-order valence-corrected chi connectivity index (χ0v) is 15.1. The number of hydrogen-bond donors (Lipinski definition) is 1. The van der Waals surface area contributed by atoms with Crippen LogP contribution in [0.3, 0.4) is 0 Å². The molecule has 0 saturated heterocycles. The van der Waals surface area contributed by atoms with Crippen molar-refractivity contribution in [3.05, 3.63) is 53.9 Å². The standard InChI is InChI=1S/C19H21N3OS/c1-12-18(13(2)22(4)21-12)20-19(23)14(3)24-17-10-9-15-7-5-6-8-16(15)11-17/h5-11,14H,1-4H3,(H,20,23). The van der Waals surface area contributed by atoms with Gasteiger partial charge in [-0.05, 0) is 43.7 Å². The molecule has 1 amide bonds. The molecule has 0 aliphatic heterocycles. The molecule has 1 aromatic heterocycles. The predicted octanol–water partition coefficient (Wildman–Crippen LogP) is 4.31. The fraction of sp³-hybridized carbons (Fsp3) is 0.263. The minimum Gasteiger partial charge on any atom is -0.322 e. The second-order valence-corrected chi connectivity index (χ2v) is 7.34. The number of anilines is 1. The zero-order chi connectivity index (χ0) is 17.3. The molecule has 0 aliphatic carbocycles. The first-order valence-electron chi connectivity index (χ1n) is 7.92. The van der Waals surface area contributed by atoms with E-state index in [0.29, 0.717) is 0 Å². The molecule has 1 atom stereocenters. The van der Waals surface area contributed by atoms with Gasteiger partial charge < -0.3 is 5.32 Å². The van der Waals surface area contributed by atoms with E-state index in [1.807, 2.05) is 40.0 Å². The molecular formula is C19H21N3OS. The Morgan fingerprint density at radius 3 is 2.54 bits per heavy atom. The Morgan fingerprint density at radius 2 is 1.88 bits per heavy atom. The summed E-state index contributed by atoms with van der Waals surface area (Å²) in [4.78, 5) is 13.6. The van der Waals surface area contributed by atoms with Crippen LogP contribution in [-0.2, 0) is 11.8 Å². The van der Waals surface area contributed by atoms with E-state index in [-0.39, 0.29) is 11.2 Å². The number of amides is 1. The van der Waals surface area contributed by atoms with E-state index < -0.39 is 0 Å². The summed E-state index contributed by atoms with van der Waals surface area (Å²) in [6.45, 7) is 5.79. The van der Waals surface area contributed by atoms with Crippen molar-refractivity contribution in [2.45, 2.75) is 30.9 Å². The van der Waals surface area contributed by atoms with Crippen LogP contribution in [-0.4, -0.2) is 20.9 Å². The summed E-state index contributed by atoms with van der Waals surface area (Å²) < 4.78 is 1.78. The van der Waals surface area contributed by atoms with Gasteiger partial charge in [0.05, 0.1) is 22.3 Å². The highest BCUT2D eigenvalue weighted by molar-refractivity contribution is 8.00. The second-order valence-electron chi connectivity index (χ2n) is 5.93. The van der Waals surface area contributed by atoms with Crippen LogP contribution < -0.4 is 5.32 Å². The van der Waals surface area contributed by atoms with E-state index in [1.54, 1.807) is 16.4 Å². The number of carbonyl (C=O) groups excluding carboxylic acids is 1. The topological polar surface area (TPSA) is 46.9 Å². The quantitative estimate of drug-likeness (QED) is 0.721. The van der Waals surface area contributed by atoms with Crippen molar-refractivity contribution in [3.63, 3.8) is 0 Å². The van der Waals surface area contributed by atoms with E-state index in [9.17, 15) is 4.79 Å². The molecule has 3 rings (SSSR count). The molecule has 1 N–H and O–H groups in total. The fourth-order valence-corrected chi connectivity index (χ4v) is 3.59. The van der Waals surface area contributed by atoms with Crippen molar-refractivity contribution < 1.29 is 4.79 Å². The maximum Gasteiger partial charge on any atom is 0.237 e. The number of nitrogens with zero attached hydrogens (tertiary/aromatic N) is 2. The van der Waals surface area contributed by atoms with Crippen LogP contribution in [0.2, 0.25) is 0 Å². The van der Waals surface area contributed by atoms with Crippen LogP contribution >= 0.6 is 11.8 Å². The molecule has 0 bridgehead atoms. The highest BCUT2D eigenvalue weighted by atomic mass is 32.2. The summed E-state index contributed by atoms with van der Waals surface area (Å²) in [6.07, 6.45) is 0. The van der Waals surface area contributed by atoms with Gasteiger partial charge in [-0.3, -0.25) is 9.48 Å². The Kier molecular flexibility index (Phi) is 4.62. The Labute approximate surface area is 146 Å². The number of benzene rings is 2. The van der Waals surface area contributed by atoms with Gasteiger partial charge in [0.25, 0.3) is 0 Å². The van der Waals surface area contributed by atoms with E-state index in [1.165, 1.54) is 10.8 Å². The predicted molar refractivity (Wildman–Crippen MR) is 101 cm³/mol. The summed E-state index contributed by atoms with van der Waals surface area (Å²) in [5.74, 6) is -0.00708. The summed E-state index contributed by atoms with van der Waals surface area (Å²) in [5, 5.41) is 9.56. The lowest BCUT2D eigenvalue weighted by Crippen LogP contribution is -2.23. The average Bonchev–Trinajstić information content (AvgIpc) is 2.81. The lowest BCUT2D eigenvalue weighted by molar-refractivity contribution is -0.115. The van der Waals surface area contributed by atoms with Crippen LogP contribution in [0.15, 0.2) is 47.4 Å². The average molecular weight is 339 g/mol. The van der Waals surface area contributed by atoms with Crippen molar-refractivity contribution in [2.75, 3.05) is 5.32 Å². The van der Waals surface area contributed by atoms with Crippen LogP contribution in [0, 0.1) is 13.8 Å². The number of hydrogen-bond acceptors (Lipinski definition) is 3. The molecule has 0 fully saturated rings. The van der Waals surface area contributed by atoms with Gasteiger partial charge in [0.15, 0.2) is 0 Å². The highest BCUT2D eigenvalue weighted by Crippen LogP contribution is 2.28. The summed E-state index contributed by atoms with van der Waals surface area (Å²) in [6, 6.07) is 14.5. The van der Waals surface area contributed by atoms with Crippen LogP contribution in [0.4, 0.5) is 5.69 Å². The normalized spacial score (nSPS) is 12.3. The first-order chi connectivity index (χ1) is 11.5. The third-order valence-electron chi connectivity index (χ3n) is 4.16. The van der Waals surface area contributed by atoms with E-state index >= 15 is 0 Å². The Bertz CT molecular complexity index is 901. The molecule has 4 nitrogen and oxygen atoms in total. The largest absolute Gasteiger partial charge is 0.322 e. The molecule has 1 heterocycles. The zero-order valence-electron chi connectivity index (χ0n) is 14.3. The third-order valence-corrected chi connectivity index (χ3v) is 5.25. The minimum absolute atomic E-state index is 0.00708. The number of rotatable bonds is 4. The number of thioether (sulfide) groups is 1. The van der Waals surface area contributed by atoms with Gasteiger partial charge >= 0.3 is 0 Å². The highest BCUT2D eigenvalue weighted by Gasteiger charge is 2.18. The van der Waals surface area contributed by atoms with Gasteiger partial charge in [0.1, 0.15) is 0 Å². The maximum absolute atomic E-state index is 12.5. The van der Waals surface area contributed by atoms with Crippen LogP contribution in [0.1, 0.15) is 18.3 Å². The van der Waals surface area contributed by atoms with E-state index in [4.69, 9.17) is 0 Å². The minimum atomic E-state index is -0.190. The lowest BCUT2D eigenvalue weighted by Gasteiger charge is -2.13. The molecule has 24 heavy (non-hydrogen) atoms. The van der Waals surface area contributed by atoms with Gasteiger partial charge in [-0.1, -0.05) is 30.3 Å². The van der Waals surface area contributed by atoms with Gasteiger partial charge in [-0.25, -0.2) is 0 Å². The first kappa shape index (κ1) is 16.6. The Hall–Kier alpha value is -2.27. The number of fused-ring (bicyclic) bond motifs is 1. The van der Waals surface area contributed by atoms with Crippen molar-refractivity contribution in [2.24, 2.45) is 7.05 Å². The van der Waals surface area contributed by atoms with Crippen LogP contribution in [0.5, 0.6) is 0 Å². The number of aryl methyl sites for hydroxylation is 2. The maximum atomic E-state index is 12.5.